The highest BCUT2D eigenvalue weighted by atomic mass is 16.9. The van der Waals surface area contributed by atoms with E-state index in [1.807, 2.05) is 24.3 Å². The molecule has 0 fully saturated rings. The summed E-state index contributed by atoms with van der Waals surface area (Å²) < 4.78 is 15.1. The number of methoxy groups -OCH3 is 2. The highest BCUT2D eigenvalue weighted by Crippen LogP contribution is 2.17. The van der Waals surface area contributed by atoms with Gasteiger partial charge >= 0.3 is 11.9 Å². The highest BCUT2D eigenvalue weighted by molar-refractivity contribution is 5.93. The second-order valence-corrected chi connectivity index (χ2v) is 4.08. The molecule has 0 aliphatic rings. The number of para-hydroxylation sites is 1. The molecule has 2 aromatic rings. The summed E-state index contributed by atoms with van der Waals surface area (Å²) in [7, 11) is 2.80. The largest absolute Gasteiger partial charge is 0.404 e. The van der Waals surface area contributed by atoms with Crippen LogP contribution >= 0.6 is 0 Å². The molecule has 5 heteroatoms. The van der Waals surface area contributed by atoms with Gasteiger partial charge in [0.2, 0.25) is 0 Å². The fourth-order valence-electron chi connectivity index (χ4n) is 1.58. The van der Waals surface area contributed by atoms with Crippen LogP contribution in [0.25, 0.3) is 10.9 Å². The van der Waals surface area contributed by atoms with Gasteiger partial charge in [-0.15, -0.1) is 0 Å². The number of pyridine rings is 1. The summed E-state index contributed by atoms with van der Waals surface area (Å²) in [5, 5.41) is 0.869. The van der Waals surface area contributed by atoms with Gasteiger partial charge in [0, 0.05) is 32.7 Å². The normalized spacial score (nSPS) is 11.5. The maximum Gasteiger partial charge on any atom is 0.343 e. The Balaban J connectivity index is 2.26. The third-order valence-corrected chi connectivity index (χ3v) is 2.85. The van der Waals surface area contributed by atoms with Crippen molar-refractivity contribution in [3.63, 3.8) is 0 Å². The molecule has 0 aliphatic heterocycles. The maximum atomic E-state index is 12.0. The van der Waals surface area contributed by atoms with Gasteiger partial charge in [0.1, 0.15) is 0 Å². The van der Waals surface area contributed by atoms with Crippen molar-refractivity contribution >= 4 is 16.9 Å². The van der Waals surface area contributed by atoms with Gasteiger partial charge in [-0.2, -0.15) is 0 Å². The van der Waals surface area contributed by atoms with Gasteiger partial charge in [0.05, 0.1) is 11.1 Å². The fourth-order valence-corrected chi connectivity index (χ4v) is 1.58. The molecular weight excluding hydrogens is 246 g/mol. The molecule has 1 aromatic carbocycles. The van der Waals surface area contributed by atoms with Gasteiger partial charge in [-0.3, -0.25) is 4.98 Å². The topological polar surface area (TPSA) is 57.7 Å². The number of fused-ring (bicyclic) bond motifs is 1. The summed E-state index contributed by atoms with van der Waals surface area (Å²) in [5.41, 5.74) is 1.17. The summed E-state index contributed by atoms with van der Waals surface area (Å²) >= 11 is 0. The van der Waals surface area contributed by atoms with E-state index in [1.165, 1.54) is 27.3 Å². The molecule has 0 bridgehead atoms. The monoisotopic (exact) mass is 261 g/mol. The zero-order valence-electron chi connectivity index (χ0n) is 11.0. The van der Waals surface area contributed by atoms with E-state index < -0.39 is 11.9 Å². The van der Waals surface area contributed by atoms with E-state index in [0.717, 1.165) is 10.9 Å². The number of hydrogen-bond donors (Lipinski definition) is 0. The first-order valence-corrected chi connectivity index (χ1v) is 5.76. The standard InChI is InChI=1S/C14H15NO4/c1-14(17-2,18-3)19-13(16)11-8-10-6-4-5-7-12(10)15-9-11/h4-9H,1-3H3. The van der Waals surface area contributed by atoms with Crippen molar-refractivity contribution in [3.05, 3.63) is 42.1 Å². The number of benzene rings is 1. The van der Waals surface area contributed by atoms with Crippen LogP contribution in [0.4, 0.5) is 0 Å². The Labute approximate surface area is 111 Å². The summed E-state index contributed by atoms with van der Waals surface area (Å²) in [4.78, 5) is 16.2. The summed E-state index contributed by atoms with van der Waals surface area (Å²) in [6.45, 7) is 1.51. The molecule has 0 atom stereocenters. The summed E-state index contributed by atoms with van der Waals surface area (Å²) in [5.74, 6) is -1.95. The average Bonchev–Trinajstić information content (AvgIpc) is 2.46. The minimum absolute atomic E-state index is 0.346. The fraction of sp³-hybridized carbons (Fsp3) is 0.286. The van der Waals surface area contributed by atoms with E-state index in [1.54, 1.807) is 6.07 Å². The molecule has 0 saturated heterocycles. The van der Waals surface area contributed by atoms with Crippen LogP contribution in [0.15, 0.2) is 36.5 Å². The first-order valence-electron chi connectivity index (χ1n) is 5.76. The van der Waals surface area contributed by atoms with Crippen molar-refractivity contribution < 1.29 is 19.0 Å². The Morgan fingerprint density at radius 3 is 2.58 bits per heavy atom. The first kappa shape index (κ1) is 13.5. The zero-order chi connectivity index (χ0) is 13.9. The minimum Gasteiger partial charge on any atom is -0.404 e. The predicted octanol–water partition coefficient (Wildman–Crippen LogP) is 2.36. The van der Waals surface area contributed by atoms with E-state index in [9.17, 15) is 4.79 Å². The lowest BCUT2D eigenvalue weighted by Crippen LogP contribution is -2.35. The second-order valence-electron chi connectivity index (χ2n) is 4.08. The second kappa shape index (κ2) is 5.34. The van der Waals surface area contributed by atoms with Gasteiger partial charge in [-0.05, 0) is 12.1 Å². The van der Waals surface area contributed by atoms with Crippen LogP contribution < -0.4 is 0 Å². The number of rotatable bonds is 4. The van der Waals surface area contributed by atoms with E-state index >= 15 is 0 Å². The molecule has 0 aliphatic carbocycles. The van der Waals surface area contributed by atoms with Crippen LogP contribution in [-0.2, 0) is 14.2 Å². The van der Waals surface area contributed by atoms with Crippen molar-refractivity contribution in [2.75, 3.05) is 14.2 Å². The quantitative estimate of drug-likeness (QED) is 0.624. The smallest absolute Gasteiger partial charge is 0.343 e. The Morgan fingerprint density at radius 2 is 1.89 bits per heavy atom. The first-order chi connectivity index (χ1) is 9.08. The molecule has 0 saturated carbocycles. The van der Waals surface area contributed by atoms with Crippen molar-refractivity contribution in [3.8, 4) is 0 Å². The van der Waals surface area contributed by atoms with Crippen LogP contribution in [0.3, 0.4) is 0 Å². The van der Waals surface area contributed by atoms with Crippen LogP contribution in [-0.4, -0.2) is 31.1 Å². The van der Waals surface area contributed by atoms with Gasteiger partial charge in [0.15, 0.2) is 0 Å². The molecule has 0 amide bonds. The van der Waals surface area contributed by atoms with Crippen LogP contribution in [0.1, 0.15) is 17.3 Å². The minimum atomic E-state index is -1.40. The summed E-state index contributed by atoms with van der Waals surface area (Å²) in [6, 6.07) is 9.24. The predicted molar refractivity (Wildman–Crippen MR) is 69.6 cm³/mol. The molecule has 1 aromatic heterocycles. The summed E-state index contributed by atoms with van der Waals surface area (Å²) in [6.07, 6.45) is 1.47. The molecule has 2 rings (SSSR count). The molecule has 0 radical (unpaired) electrons. The van der Waals surface area contributed by atoms with Gasteiger partial charge in [0.25, 0.3) is 0 Å². The molecule has 5 nitrogen and oxygen atoms in total. The molecule has 0 unspecified atom stereocenters. The SMILES string of the molecule is COC(C)(OC)OC(=O)c1cnc2ccccc2c1. The van der Waals surface area contributed by atoms with E-state index in [0.29, 0.717) is 5.56 Å². The lowest BCUT2D eigenvalue weighted by atomic mass is 10.1. The molecule has 19 heavy (non-hydrogen) atoms. The van der Waals surface area contributed by atoms with Crippen LogP contribution in [0, 0.1) is 0 Å². The van der Waals surface area contributed by atoms with Gasteiger partial charge in [-0.1, -0.05) is 18.2 Å². The number of esters is 1. The van der Waals surface area contributed by atoms with Crippen molar-refractivity contribution in [1.82, 2.24) is 4.98 Å². The van der Waals surface area contributed by atoms with Gasteiger partial charge < -0.3 is 14.2 Å². The van der Waals surface area contributed by atoms with E-state index in [4.69, 9.17) is 14.2 Å². The number of hydrogen-bond acceptors (Lipinski definition) is 5. The zero-order valence-corrected chi connectivity index (χ0v) is 11.0. The Hall–Kier alpha value is -1.98. The third-order valence-electron chi connectivity index (χ3n) is 2.85. The van der Waals surface area contributed by atoms with Crippen LogP contribution in [0.5, 0.6) is 0 Å². The molecule has 0 spiro atoms. The van der Waals surface area contributed by atoms with Crippen molar-refractivity contribution in [2.45, 2.75) is 12.9 Å². The number of carbonyl (C=O) groups excluding carboxylic acids is 1. The van der Waals surface area contributed by atoms with Crippen molar-refractivity contribution in [2.24, 2.45) is 0 Å². The molecule has 100 valence electrons. The highest BCUT2D eigenvalue weighted by Gasteiger charge is 2.28. The number of ether oxygens (including phenoxy) is 3. The average molecular weight is 261 g/mol. The number of nitrogens with zero attached hydrogens (tertiary/aromatic N) is 1. The van der Waals surface area contributed by atoms with Crippen molar-refractivity contribution in [1.29, 1.82) is 0 Å². The Morgan fingerprint density at radius 1 is 1.21 bits per heavy atom. The number of aromatic nitrogens is 1. The lowest BCUT2D eigenvalue weighted by Gasteiger charge is -2.25. The number of carbonyl (C=O) groups is 1. The molecule has 0 N–H and O–H groups in total. The molecule has 1 heterocycles. The molecular formula is C14H15NO4. The Kier molecular flexibility index (Phi) is 3.78. The van der Waals surface area contributed by atoms with E-state index in [-0.39, 0.29) is 0 Å². The van der Waals surface area contributed by atoms with Crippen LogP contribution in [0.2, 0.25) is 0 Å². The maximum absolute atomic E-state index is 12.0. The Bertz CT molecular complexity index is 593. The van der Waals surface area contributed by atoms with Gasteiger partial charge in [-0.25, -0.2) is 4.79 Å². The third kappa shape index (κ3) is 2.89. The van der Waals surface area contributed by atoms with E-state index in [2.05, 4.69) is 4.98 Å². The lowest BCUT2D eigenvalue weighted by molar-refractivity contribution is -0.323.